The third-order valence-corrected chi connectivity index (χ3v) is 12.4. The van der Waals surface area contributed by atoms with Crippen molar-refractivity contribution < 1.29 is 24.5 Å². The van der Waals surface area contributed by atoms with E-state index in [9.17, 15) is 19.8 Å². The van der Waals surface area contributed by atoms with Gasteiger partial charge in [0.15, 0.2) is 0 Å². The largest absolute Gasteiger partial charge is 0.462 e. The first-order valence-electron chi connectivity index (χ1n) is 27.2. The summed E-state index contributed by atoms with van der Waals surface area (Å²) < 4.78 is 5.94. The number of aliphatic hydroxyl groups excluding tert-OH is 2. The van der Waals surface area contributed by atoms with Crippen LogP contribution in [-0.4, -0.2) is 46.9 Å². The molecule has 0 saturated carbocycles. The molecule has 0 aliphatic carbocycles. The number of hydrogen-bond donors (Lipinski definition) is 3. The molecule has 0 aliphatic rings. The van der Waals surface area contributed by atoms with Gasteiger partial charge in [-0.25, -0.2) is 0 Å². The number of carbonyl (C=O) groups is 2. The molecule has 6 nitrogen and oxygen atoms in total. The summed E-state index contributed by atoms with van der Waals surface area (Å²) in [6, 6.07) is -0.705. The van der Waals surface area contributed by atoms with Crippen LogP contribution in [0, 0.1) is 0 Å². The van der Waals surface area contributed by atoms with Crippen LogP contribution in [0.25, 0.3) is 0 Å². The zero-order valence-corrected chi connectivity index (χ0v) is 41.5. The molecular formula is C56H105NO5. The molecular weight excluding hydrogens is 767 g/mol. The van der Waals surface area contributed by atoms with E-state index in [-0.39, 0.29) is 24.9 Å². The minimum absolute atomic E-state index is 0.0672. The summed E-state index contributed by atoms with van der Waals surface area (Å²) in [4.78, 5) is 26.2. The minimum atomic E-state index is -0.790. The highest BCUT2D eigenvalue weighted by Crippen LogP contribution is 2.18. The van der Waals surface area contributed by atoms with Crippen molar-refractivity contribution in [1.82, 2.24) is 5.32 Å². The molecule has 0 aromatic carbocycles. The van der Waals surface area contributed by atoms with Gasteiger partial charge in [0.2, 0.25) is 5.91 Å². The normalized spacial score (nSPS) is 13.4. The predicted octanol–water partition coefficient (Wildman–Crippen LogP) is 16.5. The number of carbonyl (C=O) groups excluding carboxylic acids is 2. The van der Waals surface area contributed by atoms with Crippen LogP contribution >= 0.6 is 0 Å². The molecule has 62 heavy (non-hydrogen) atoms. The lowest BCUT2D eigenvalue weighted by molar-refractivity contribution is -0.151. The maximum absolute atomic E-state index is 13.2. The first-order valence-corrected chi connectivity index (χ1v) is 27.2. The van der Waals surface area contributed by atoms with E-state index in [2.05, 4.69) is 62.5 Å². The number of ether oxygens (including phenoxy) is 1. The summed E-state index contributed by atoms with van der Waals surface area (Å²) in [5.41, 5.74) is 0. The van der Waals surface area contributed by atoms with E-state index < -0.39 is 18.2 Å². The Morgan fingerprint density at radius 2 is 0.823 bits per heavy atom. The lowest BCUT2D eigenvalue weighted by Crippen LogP contribution is -2.46. The van der Waals surface area contributed by atoms with Crippen LogP contribution in [0.5, 0.6) is 0 Å². The van der Waals surface area contributed by atoms with Crippen LogP contribution in [0.4, 0.5) is 0 Å². The second kappa shape index (κ2) is 50.1. The van der Waals surface area contributed by atoms with Crippen molar-refractivity contribution in [3.8, 4) is 0 Å². The van der Waals surface area contributed by atoms with Gasteiger partial charge in [-0.15, -0.1) is 0 Å². The quantitative estimate of drug-likeness (QED) is 0.0321. The fourth-order valence-corrected chi connectivity index (χ4v) is 8.28. The Kier molecular flexibility index (Phi) is 48.5. The highest BCUT2D eigenvalue weighted by atomic mass is 16.5. The third kappa shape index (κ3) is 44.7. The minimum Gasteiger partial charge on any atom is -0.462 e. The third-order valence-electron chi connectivity index (χ3n) is 12.4. The fraction of sp³-hybridized carbons (Fsp3) is 0.857. The topological polar surface area (TPSA) is 95.9 Å². The summed E-state index contributed by atoms with van der Waals surface area (Å²) in [7, 11) is 0. The molecule has 0 aliphatic heterocycles. The summed E-state index contributed by atoms with van der Waals surface area (Å²) in [6.07, 6.45) is 59.2. The van der Waals surface area contributed by atoms with E-state index in [1.165, 1.54) is 161 Å². The fourth-order valence-electron chi connectivity index (χ4n) is 8.28. The number of rotatable bonds is 49. The molecule has 0 saturated heterocycles. The van der Waals surface area contributed by atoms with Crippen LogP contribution in [0.3, 0.4) is 0 Å². The Morgan fingerprint density at radius 1 is 0.468 bits per heavy atom. The molecule has 3 N–H and O–H groups in total. The van der Waals surface area contributed by atoms with Crippen molar-refractivity contribution in [2.45, 2.75) is 302 Å². The number of hydrogen-bond acceptors (Lipinski definition) is 5. The highest BCUT2D eigenvalue weighted by Gasteiger charge is 2.24. The Morgan fingerprint density at radius 3 is 1.27 bits per heavy atom. The van der Waals surface area contributed by atoms with Crippen molar-refractivity contribution in [2.75, 3.05) is 6.61 Å². The lowest BCUT2D eigenvalue weighted by atomic mass is 10.0. The van der Waals surface area contributed by atoms with Gasteiger partial charge in [0.05, 0.1) is 25.2 Å². The van der Waals surface area contributed by atoms with E-state index in [0.29, 0.717) is 19.3 Å². The summed E-state index contributed by atoms with van der Waals surface area (Å²) in [5.74, 6) is -0.488. The molecule has 0 fully saturated rings. The second-order valence-corrected chi connectivity index (χ2v) is 18.6. The van der Waals surface area contributed by atoms with Gasteiger partial charge < -0.3 is 20.3 Å². The van der Waals surface area contributed by atoms with Gasteiger partial charge in [0, 0.05) is 6.42 Å². The molecule has 3 atom stereocenters. The zero-order valence-electron chi connectivity index (χ0n) is 41.5. The van der Waals surface area contributed by atoms with Crippen LogP contribution in [0.2, 0.25) is 0 Å². The van der Waals surface area contributed by atoms with Crippen molar-refractivity contribution in [1.29, 1.82) is 0 Å². The van der Waals surface area contributed by atoms with Crippen molar-refractivity contribution >= 4 is 11.9 Å². The number of nitrogens with one attached hydrogen (secondary N) is 1. The molecule has 0 aromatic rings. The highest BCUT2D eigenvalue weighted by molar-refractivity contribution is 5.77. The van der Waals surface area contributed by atoms with Crippen LogP contribution in [0.15, 0.2) is 36.5 Å². The molecule has 0 aromatic heterocycles. The Balaban J connectivity index is 4.57. The SMILES string of the molecule is CCCCC/C=C\C/C=C\CCCCCCCC(CC(=O)NC(CO)C(O)CCCCCCCCCCCC)OC(=O)CCCCCCC/C=C/CCCCCCCCCCC. The standard InChI is InChI=1S/C56H105NO5/c1-4-7-10-13-16-19-22-24-26-27-28-30-32-34-37-40-43-46-49-56(61)62-52(47-44-41-38-35-33-31-29-25-23-20-17-14-11-8-5-2)50-55(60)57-53(51-58)54(59)48-45-42-39-36-21-18-15-12-9-6-3/h17,20,25,28-30,52-54,58-59H,4-16,18-19,21-24,26-27,31-51H2,1-3H3,(H,57,60)/b20-17-,29-25-,30-28+. The lowest BCUT2D eigenvalue weighted by Gasteiger charge is -2.24. The molecule has 0 spiro atoms. The van der Waals surface area contributed by atoms with Gasteiger partial charge in [0.25, 0.3) is 0 Å². The Bertz CT molecular complexity index is 1020. The number of aliphatic hydroxyl groups is 2. The average molecular weight is 872 g/mol. The zero-order chi connectivity index (χ0) is 45.2. The molecule has 364 valence electrons. The van der Waals surface area contributed by atoms with Gasteiger partial charge >= 0.3 is 5.97 Å². The van der Waals surface area contributed by atoms with Gasteiger partial charge in [-0.1, -0.05) is 224 Å². The number of esters is 1. The molecule has 0 bridgehead atoms. The predicted molar refractivity (Wildman–Crippen MR) is 269 cm³/mol. The number of unbranched alkanes of at least 4 members (excludes halogenated alkanes) is 31. The van der Waals surface area contributed by atoms with Gasteiger partial charge in [0.1, 0.15) is 6.10 Å². The van der Waals surface area contributed by atoms with Crippen LogP contribution < -0.4 is 5.32 Å². The Labute approximate surface area is 385 Å². The Hall–Kier alpha value is -1.92. The van der Waals surface area contributed by atoms with Crippen molar-refractivity contribution in [2.24, 2.45) is 0 Å². The van der Waals surface area contributed by atoms with E-state index in [1.807, 2.05) is 0 Å². The summed E-state index contributed by atoms with van der Waals surface area (Å²) >= 11 is 0. The molecule has 0 radical (unpaired) electrons. The number of amides is 1. The van der Waals surface area contributed by atoms with Gasteiger partial charge in [-0.3, -0.25) is 9.59 Å². The second-order valence-electron chi connectivity index (χ2n) is 18.6. The van der Waals surface area contributed by atoms with Crippen molar-refractivity contribution in [3.05, 3.63) is 36.5 Å². The van der Waals surface area contributed by atoms with E-state index in [1.54, 1.807) is 0 Å². The molecule has 0 heterocycles. The molecule has 3 unspecified atom stereocenters. The van der Waals surface area contributed by atoms with E-state index in [0.717, 1.165) is 77.0 Å². The molecule has 0 rings (SSSR count). The van der Waals surface area contributed by atoms with E-state index >= 15 is 0 Å². The van der Waals surface area contributed by atoms with Gasteiger partial charge in [-0.05, 0) is 83.5 Å². The average Bonchev–Trinajstić information content (AvgIpc) is 3.26. The van der Waals surface area contributed by atoms with Crippen LogP contribution in [0.1, 0.15) is 284 Å². The summed E-state index contributed by atoms with van der Waals surface area (Å²) in [5, 5.41) is 23.7. The van der Waals surface area contributed by atoms with Crippen LogP contribution in [-0.2, 0) is 14.3 Å². The monoisotopic (exact) mass is 872 g/mol. The molecule has 1 amide bonds. The molecule has 6 heteroatoms. The smallest absolute Gasteiger partial charge is 0.306 e. The van der Waals surface area contributed by atoms with Gasteiger partial charge in [-0.2, -0.15) is 0 Å². The summed E-state index contributed by atoms with van der Waals surface area (Å²) in [6.45, 7) is 6.46. The number of allylic oxidation sites excluding steroid dienone is 6. The van der Waals surface area contributed by atoms with E-state index in [4.69, 9.17) is 4.74 Å². The first kappa shape index (κ1) is 60.1. The van der Waals surface area contributed by atoms with Crippen molar-refractivity contribution in [3.63, 3.8) is 0 Å². The first-order chi connectivity index (χ1) is 30.5. The maximum Gasteiger partial charge on any atom is 0.306 e. The maximum atomic E-state index is 13.2.